The summed E-state index contributed by atoms with van der Waals surface area (Å²) in [4.78, 5) is 2.47. The first-order valence-electron chi connectivity index (χ1n) is 19.6. The maximum atomic E-state index is 12.6. The number of rotatable bonds is 7. The molecule has 5 saturated carbocycles. The average Bonchev–Trinajstić information content (AvgIpc) is 3.69. The molecule has 0 unspecified atom stereocenters. The molecule has 0 radical (unpaired) electrons. The zero-order valence-corrected chi connectivity index (χ0v) is 31.2. The third-order valence-corrected chi connectivity index (χ3v) is 16.1. The molecule has 0 bridgehead atoms. The summed E-state index contributed by atoms with van der Waals surface area (Å²) in [5.74, 6) is 1.73. The van der Waals surface area contributed by atoms with Gasteiger partial charge in [0.1, 0.15) is 6.10 Å². The Hall–Kier alpha value is -1.32. The highest BCUT2D eigenvalue weighted by Crippen LogP contribution is 2.88. The Balaban J connectivity index is 1.00. The van der Waals surface area contributed by atoms with Gasteiger partial charge in [-0.1, -0.05) is 57.2 Å². The number of ether oxygens (including phenoxy) is 4. The van der Waals surface area contributed by atoms with Crippen molar-refractivity contribution in [3.8, 4) is 0 Å². The van der Waals surface area contributed by atoms with Crippen molar-refractivity contribution in [1.82, 2.24) is 4.90 Å². The molecule has 1 aromatic rings. The molecule has 5 aliphatic carbocycles. The van der Waals surface area contributed by atoms with E-state index in [0.717, 1.165) is 45.3 Å². The maximum Gasteiger partial charge on any atom is 0.171 e. The number of hydrogen-bond acceptors (Lipinski definition) is 7. The Morgan fingerprint density at radius 1 is 1.08 bits per heavy atom. The zero-order valence-electron chi connectivity index (χ0n) is 31.2. The minimum atomic E-state index is -1.02. The Labute approximate surface area is 295 Å². The number of aliphatic hydroxyl groups is 2. The molecule has 2 saturated heterocycles. The van der Waals surface area contributed by atoms with Crippen molar-refractivity contribution in [2.75, 3.05) is 26.8 Å². The fourth-order valence-corrected chi connectivity index (χ4v) is 14.1. The minimum Gasteiger partial charge on any atom is -0.390 e. The average molecular weight is 678 g/mol. The fourth-order valence-electron chi connectivity index (χ4n) is 14.1. The Morgan fingerprint density at radius 2 is 1.86 bits per heavy atom. The van der Waals surface area contributed by atoms with E-state index < -0.39 is 17.8 Å². The summed E-state index contributed by atoms with van der Waals surface area (Å²) in [6, 6.07) is 10.7. The molecule has 2 N–H and O–H groups in total. The number of aliphatic hydroxyl groups excluding tert-OH is 1. The van der Waals surface area contributed by atoms with Crippen LogP contribution >= 0.6 is 0 Å². The summed E-state index contributed by atoms with van der Waals surface area (Å²) in [7, 11) is 1.67. The molecule has 7 fully saturated rings. The first-order chi connectivity index (χ1) is 23.3. The third kappa shape index (κ3) is 4.99. The predicted octanol–water partition coefficient (Wildman–Crippen LogP) is 6.75. The summed E-state index contributed by atoms with van der Waals surface area (Å²) in [5.41, 5.74) is 2.25. The van der Waals surface area contributed by atoms with Gasteiger partial charge < -0.3 is 29.2 Å². The van der Waals surface area contributed by atoms with E-state index in [2.05, 4.69) is 69.0 Å². The quantitative estimate of drug-likeness (QED) is 0.309. The van der Waals surface area contributed by atoms with Gasteiger partial charge in [-0.2, -0.15) is 0 Å². The zero-order chi connectivity index (χ0) is 34.6. The third-order valence-electron chi connectivity index (χ3n) is 16.1. The van der Waals surface area contributed by atoms with E-state index in [0.29, 0.717) is 35.7 Å². The lowest BCUT2D eigenvalue weighted by atomic mass is 9.42. The first-order valence-corrected chi connectivity index (χ1v) is 19.6. The molecular weight excluding hydrogens is 614 g/mol. The molecular formula is C42H63NO6. The van der Waals surface area contributed by atoms with Crippen LogP contribution in [-0.2, 0) is 25.5 Å². The second-order valence-electron chi connectivity index (χ2n) is 18.5. The number of benzene rings is 1. The summed E-state index contributed by atoms with van der Waals surface area (Å²) < 4.78 is 25.9. The number of nitrogens with zero attached hydrogens (tertiary/aromatic N) is 1. The van der Waals surface area contributed by atoms with Gasteiger partial charge in [-0.3, -0.25) is 4.90 Å². The molecule has 272 valence electrons. The molecule has 7 aliphatic rings. The largest absolute Gasteiger partial charge is 0.390 e. The van der Waals surface area contributed by atoms with Gasteiger partial charge in [-0.05, 0) is 123 Å². The summed E-state index contributed by atoms with van der Waals surface area (Å²) in [6.45, 7) is 16.6. The minimum absolute atomic E-state index is 0.0129. The summed E-state index contributed by atoms with van der Waals surface area (Å²) in [5, 5.41) is 23.5. The second-order valence-corrected chi connectivity index (χ2v) is 18.5. The van der Waals surface area contributed by atoms with Crippen LogP contribution in [0, 0.1) is 45.3 Å². The van der Waals surface area contributed by atoms with Gasteiger partial charge in [-0.25, -0.2) is 0 Å². The van der Waals surface area contributed by atoms with Crippen molar-refractivity contribution >= 4 is 0 Å². The van der Waals surface area contributed by atoms with Crippen LogP contribution < -0.4 is 0 Å². The highest BCUT2D eigenvalue weighted by atomic mass is 16.7. The van der Waals surface area contributed by atoms with E-state index in [9.17, 15) is 10.2 Å². The summed E-state index contributed by atoms with van der Waals surface area (Å²) in [6.07, 6.45) is 10.1. The number of allylic oxidation sites excluding steroid dienone is 1. The second kappa shape index (κ2) is 12.1. The summed E-state index contributed by atoms with van der Waals surface area (Å²) >= 11 is 0. The van der Waals surface area contributed by atoms with Gasteiger partial charge in [0.2, 0.25) is 0 Å². The monoisotopic (exact) mass is 677 g/mol. The van der Waals surface area contributed by atoms with Crippen molar-refractivity contribution in [2.24, 2.45) is 45.3 Å². The lowest BCUT2D eigenvalue weighted by molar-refractivity contribution is -0.209. The lowest BCUT2D eigenvalue weighted by Crippen LogP contribution is -2.58. The van der Waals surface area contributed by atoms with E-state index >= 15 is 0 Å². The van der Waals surface area contributed by atoms with Gasteiger partial charge >= 0.3 is 0 Å². The van der Waals surface area contributed by atoms with E-state index in [1.807, 2.05) is 13.8 Å². The SMILES string of the molecule is C/C=C1/[C@@H](O[C@H]2CN(Cc3ccccc3)CCO2)CC[C@]23C[C@]24CC[C@]2(C)[C@@H]5[C@H](O[C@@H]([C@H](OC)C(C)(C)O)C[C@H]5C)[C@H](O)[C@@]2(C)[C@@H]4CC[C@@H]13. The standard InChI is InChI=1S/C42H63NO6/c1-8-28-29-14-15-32-40(6)36(44)35-34(26(2)22-31(49-35)37(46-7)38(3,4)45)39(40,5)18-19-42(32)25-41(29,42)17-16-30(28)48-33-24-43(20-21-47-33)23-27-12-10-9-11-13-27/h8-13,26,29-37,44-45H,14-25H2,1-7H3/b28-8+/t26-,29+,30+,31-,32+,33+,34+,35+,36+,37+,39-,40-,41-,42+/m1/s1. The fraction of sp³-hybridized carbons (Fsp3) is 0.810. The smallest absolute Gasteiger partial charge is 0.171 e. The van der Waals surface area contributed by atoms with Crippen LogP contribution in [0.1, 0.15) is 98.5 Å². The topological polar surface area (TPSA) is 80.6 Å². The Morgan fingerprint density at radius 3 is 2.57 bits per heavy atom. The molecule has 7 heteroatoms. The number of hydrogen-bond donors (Lipinski definition) is 2. The van der Waals surface area contributed by atoms with Crippen LogP contribution in [0.3, 0.4) is 0 Å². The number of fused-ring (bicyclic) bond motifs is 4. The highest BCUT2D eigenvalue weighted by Gasteiger charge is 2.83. The van der Waals surface area contributed by atoms with E-state index in [1.54, 1.807) is 7.11 Å². The molecule has 8 rings (SSSR count). The first kappa shape index (κ1) is 34.7. The van der Waals surface area contributed by atoms with Crippen LogP contribution in [0.4, 0.5) is 0 Å². The molecule has 49 heavy (non-hydrogen) atoms. The van der Waals surface area contributed by atoms with Crippen LogP contribution in [-0.4, -0.2) is 84.3 Å². The highest BCUT2D eigenvalue weighted by molar-refractivity contribution is 5.37. The van der Waals surface area contributed by atoms with Crippen molar-refractivity contribution in [2.45, 2.75) is 142 Å². The van der Waals surface area contributed by atoms with Gasteiger partial charge in [0, 0.05) is 32.2 Å². The number of morpholine rings is 1. The molecule has 2 heterocycles. The van der Waals surface area contributed by atoms with Gasteiger partial charge in [-0.15, -0.1) is 0 Å². The van der Waals surface area contributed by atoms with E-state index in [1.165, 1.54) is 36.8 Å². The van der Waals surface area contributed by atoms with Crippen molar-refractivity contribution in [3.63, 3.8) is 0 Å². The maximum absolute atomic E-state index is 12.6. The van der Waals surface area contributed by atoms with Gasteiger partial charge in [0.25, 0.3) is 0 Å². The van der Waals surface area contributed by atoms with Crippen LogP contribution in [0.15, 0.2) is 42.0 Å². The van der Waals surface area contributed by atoms with Crippen LogP contribution in [0.25, 0.3) is 0 Å². The molecule has 2 aliphatic heterocycles. The van der Waals surface area contributed by atoms with Crippen molar-refractivity contribution < 1.29 is 29.2 Å². The Kier molecular flexibility index (Phi) is 8.59. The van der Waals surface area contributed by atoms with Crippen LogP contribution in [0.5, 0.6) is 0 Å². The number of methoxy groups -OCH3 is 1. The normalized spacial score (nSPS) is 49.3. The predicted molar refractivity (Wildman–Crippen MR) is 190 cm³/mol. The lowest BCUT2D eigenvalue weighted by Gasteiger charge is -2.62. The molecule has 14 atom stereocenters. The van der Waals surface area contributed by atoms with Gasteiger partial charge in [0.05, 0.1) is 36.6 Å². The van der Waals surface area contributed by atoms with Crippen molar-refractivity contribution in [3.05, 3.63) is 47.5 Å². The molecule has 1 aromatic carbocycles. The van der Waals surface area contributed by atoms with Gasteiger partial charge in [0.15, 0.2) is 6.29 Å². The van der Waals surface area contributed by atoms with E-state index in [-0.39, 0.29) is 40.8 Å². The molecule has 2 spiro atoms. The molecule has 0 amide bonds. The molecule has 7 nitrogen and oxygen atoms in total. The van der Waals surface area contributed by atoms with Crippen molar-refractivity contribution in [1.29, 1.82) is 0 Å². The Bertz CT molecular complexity index is 1410. The molecule has 0 aromatic heterocycles. The van der Waals surface area contributed by atoms with Crippen LogP contribution in [0.2, 0.25) is 0 Å². The van der Waals surface area contributed by atoms with E-state index in [4.69, 9.17) is 18.9 Å².